The first kappa shape index (κ1) is 11.4. The van der Waals surface area contributed by atoms with E-state index in [2.05, 4.69) is 56.9 Å². The van der Waals surface area contributed by atoms with Gasteiger partial charge in [-0.3, -0.25) is 0 Å². The molecule has 0 aliphatic heterocycles. The van der Waals surface area contributed by atoms with Crippen LogP contribution in [0.2, 0.25) is 0 Å². The molecule has 0 aliphatic carbocycles. The minimum absolute atomic E-state index is 0.537. The van der Waals surface area contributed by atoms with Crippen molar-refractivity contribution in [3.63, 3.8) is 0 Å². The van der Waals surface area contributed by atoms with Gasteiger partial charge in [0.05, 0.1) is 5.03 Å². The molecule has 1 aromatic heterocycles. The van der Waals surface area contributed by atoms with E-state index in [1.165, 1.54) is 16.2 Å². The lowest BCUT2D eigenvalue weighted by Crippen LogP contribution is -2.00. The van der Waals surface area contributed by atoms with Crippen LogP contribution in [0.3, 0.4) is 0 Å². The Hall–Kier alpha value is -0.630. The summed E-state index contributed by atoms with van der Waals surface area (Å²) in [7, 11) is 0. The fraction of sp³-hybridized carbons (Fsp3) is 0.500. The number of hydrogen-bond acceptors (Lipinski definition) is 1. The number of aromatic nitrogens is 1. The topological polar surface area (TPSA) is 4.93 Å². The van der Waals surface area contributed by atoms with Gasteiger partial charge in [0.2, 0.25) is 0 Å². The van der Waals surface area contributed by atoms with Crippen LogP contribution < -0.4 is 0 Å². The van der Waals surface area contributed by atoms with E-state index >= 15 is 0 Å². The summed E-state index contributed by atoms with van der Waals surface area (Å²) in [6, 6.07) is 0.537. The molecular formula is C12H19NS. The Kier molecular flexibility index (Phi) is 3.87. The second-order valence-corrected chi connectivity index (χ2v) is 4.53. The van der Waals surface area contributed by atoms with Crippen molar-refractivity contribution < 1.29 is 0 Å². The Bertz CT molecular complexity index is 334. The summed E-state index contributed by atoms with van der Waals surface area (Å²) in [6.07, 6.45) is 8.68. The number of aryl methyl sites for hydroxylation is 1. The summed E-state index contributed by atoms with van der Waals surface area (Å²) in [6.45, 7) is 8.68. The van der Waals surface area contributed by atoms with Gasteiger partial charge in [-0.1, -0.05) is 12.2 Å². The molecule has 1 rings (SSSR count). The second-order valence-electron chi connectivity index (χ2n) is 3.74. The summed E-state index contributed by atoms with van der Waals surface area (Å²) in [5.41, 5.74) is 2.73. The fourth-order valence-corrected chi connectivity index (χ4v) is 2.54. The van der Waals surface area contributed by atoms with Crippen LogP contribution >= 0.6 is 11.8 Å². The van der Waals surface area contributed by atoms with Gasteiger partial charge in [-0.15, -0.1) is 11.8 Å². The van der Waals surface area contributed by atoms with E-state index in [9.17, 15) is 0 Å². The van der Waals surface area contributed by atoms with Crippen molar-refractivity contribution in [2.24, 2.45) is 0 Å². The molecule has 0 fully saturated rings. The zero-order valence-electron chi connectivity index (χ0n) is 9.66. The summed E-state index contributed by atoms with van der Waals surface area (Å²) in [5.74, 6) is 0. The van der Waals surface area contributed by atoms with Crippen molar-refractivity contribution in [3.05, 3.63) is 23.4 Å². The first-order chi connectivity index (χ1) is 6.61. The second kappa shape index (κ2) is 4.74. The van der Waals surface area contributed by atoms with Gasteiger partial charge < -0.3 is 4.57 Å². The zero-order valence-corrected chi connectivity index (χ0v) is 10.5. The van der Waals surface area contributed by atoms with Crippen molar-refractivity contribution in [2.75, 3.05) is 6.26 Å². The van der Waals surface area contributed by atoms with Crippen LogP contribution in [-0.4, -0.2) is 10.8 Å². The fourth-order valence-electron chi connectivity index (χ4n) is 1.61. The third kappa shape index (κ3) is 2.06. The molecule has 0 N–H and O–H groups in total. The molecule has 78 valence electrons. The molecule has 1 nitrogen and oxygen atoms in total. The van der Waals surface area contributed by atoms with E-state index < -0.39 is 0 Å². The zero-order chi connectivity index (χ0) is 10.7. The summed E-state index contributed by atoms with van der Waals surface area (Å²) < 4.78 is 2.34. The third-order valence-electron chi connectivity index (χ3n) is 2.31. The average Bonchev–Trinajstić information content (AvgIpc) is 2.44. The molecule has 0 saturated carbocycles. The Morgan fingerprint density at radius 3 is 2.50 bits per heavy atom. The predicted octanol–water partition coefficient (Wildman–Crippen LogP) is 4.13. The highest BCUT2D eigenvalue weighted by Gasteiger charge is 2.11. The van der Waals surface area contributed by atoms with Crippen LogP contribution in [-0.2, 0) is 0 Å². The Balaban J connectivity index is 3.28. The molecule has 0 atom stereocenters. The Labute approximate surface area is 91.2 Å². The molecule has 1 aromatic rings. The molecule has 0 bridgehead atoms. The number of nitrogens with zero attached hydrogens (tertiary/aromatic N) is 1. The van der Waals surface area contributed by atoms with Crippen LogP contribution in [0.5, 0.6) is 0 Å². The van der Waals surface area contributed by atoms with E-state index in [0.717, 1.165) is 0 Å². The molecule has 0 amide bonds. The lowest BCUT2D eigenvalue weighted by atomic mass is 10.2. The Morgan fingerprint density at radius 2 is 2.07 bits per heavy atom. The molecule has 0 spiro atoms. The number of rotatable bonds is 3. The summed E-state index contributed by atoms with van der Waals surface area (Å²) in [4.78, 5) is 0. The molecule has 14 heavy (non-hydrogen) atoms. The van der Waals surface area contributed by atoms with E-state index in [0.29, 0.717) is 6.04 Å². The van der Waals surface area contributed by atoms with Gasteiger partial charge in [0, 0.05) is 17.8 Å². The normalized spacial score (nSPS) is 11.9. The van der Waals surface area contributed by atoms with Gasteiger partial charge in [-0.25, -0.2) is 0 Å². The van der Waals surface area contributed by atoms with Gasteiger partial charge in [0.25, 0.3) is 0 Å². The maximum atomic E-state index is 2.34. The lowest BCUT2D eigenvalue weighted by Gasteiger charge is -2.11. The predicted molar refractivity (Wildman–Crippen MR) is 66.0 cm³/mol. The standard InChI is InChI=1S/C12H19NS/c1-6-7-11-10(4)8-13(9(2)3)12(11)14-5/h6-9H,1-5H3/b7-6-. The maximum Gasteiger partial charge on any atom is 0.0824 e. The van der Waals surface area contributed by atoms with Crippen molar-refractivity contribution in [1.82, 2.24) is 4.57 Å². The SMILES string of the molecule is C/C=C\c1c(C)cn(C(C)C)c1SC. The molecule has 0 saturated heterocycles. The molecule has 0 aromatic carbocycles. The lowest BCUT2D eigenvalue weighted by molar-refractivity contribution is 0.561. The van der Waals surface area contributed by atoms with E-state index in [-0.39, 0.29) is 0 Å². The van der Waals surface area contributed by atoms with Crippen LogP contribution in [0, 0.1) is 6.92 Å². The average molecular weight is 209 g/mol. The van der Waals surface area contributed by atoms with Gasteiger partial charge in [-0.2, -0.15) is 0 Å². The van der Waals surface area contributed by atoms with Crippen LogP contribution in [0.25, 0.3) is 6.08 Å². The maximum absolute atomic E-state index is 2.34. The summed E-state index contributed by atoms with van der Waals surface area (Å²) >= 11 is 1.82. The van der Waals surface area contributed by atoms with Gasteiger partial charge in [-0.05, 0) is 39.5 Å². The van der Waals surface area contributed by atoms with Gasteiger partial charge in [0.1, 0.15) is 0 Å². The monoisotopic (exact) mass is 209 g/mol. The molecule has 0 unspecified atom stereocenters. The van der Waals surface area contributed by atoms with E-state index in [4.69, 9.17) is 0 Å². The van der Waals surface area contributed by atoms with Crippen LogP contribution in [0.15, 0.2) is 17.3 Å². The minimum atomic E-state index is 0.537. The first-order valence-electron chi connectivity index (χ1n) is 5.00. The van der Waals surface area contributed by atoms with Crippen LogP contribution in [0.1, 0.15) is 37.9 Å². The van der Waals surface area contributed by atoms with Gasteiger partial charge >= 0.3 is 0 Å². The van der Waals surface area contributed by atoms with E-state index in [1.807, 2.05) is 11.8 Å². The molecule has 1 heterocycles. The number of allylic oxidation sites excluding steroid dienone is 1. The van der Waals surface area contributed by atoms with Crippen molar-refractivity contribution in [3.8, 4) is 0 Å². The highest BCUT2D eigenvalue weighted by Crippen LogP contribution is 2.29. The molecule has 2 heteroatoms. The molecule has 0 radical (unpaired) electrons. The van der Waals surface area contributed by atoms with Crippen molar-refractivity contribution >= 4 is 17.8 Å². The smallest absolute Gasteiger partial charge is 0.0824 e. The molecule has 0 aliphatic rings. The number of hydrogen-bond donors (Lipinski definition) is 0. The number of thioether (sulfide) groups is 1. The quantitative estimate of drug-likeness (QED) is 0.678. The van der Waals surface area contributed by atoms with E-state index in [1.54, 1.807) is 0 Å². The third-order valence-corrected chi connectivity index (χ3v) is 3.12. The summed E-state index contributed by atoms with van der Waals surface area (Å²) in [5, 5.41) is 1.37. The van der Waals surface area contributed by atoms with Crippen molar-refractivity contribution in [1.29, 1.82) is 0 Å². The minimum Gasteiger partial charge on any atom is -0.340 e. The van der Waals surface area contributed by atoms with Crippen LogP contribution in [0.4, 0.5) is 0 Å². The molecular weight excluding hydrogens is 190 g/mol. The first-order valence-corrected chi connectivity index (χ1v) is 6.22. The highest BCUT2D eigenvalue weighted by atomic mass is 32.2. The van der Waals surface area contributed by atoms with Crippen molar-refractivity contribution in [2.45, 2.75) is 38.8 Å². The van der Waals surface area contributed by atoms with Gasteiger partial charge in [0.15, 0.2) is 0 Å². The largest absolute Gasteiger partial charge is 0.340 e. The highest BCUT2D eigenvalue weighted by molar-refractivity contribution is 7.98. The Morgan fingerprint density at radius 1 is 1.43 bits per heavy atom.